The molecule has 0 aliphatic rings. The third-order valence-electron chi connectivity index (χ3n) is 3.00. The monoisotopic (exact) mass is 285 g/mol. The van der Waals surface area contributed by atoms with Gasteiger partial charge in [0.2, 0.25) is 0 Å². The Balaban J connectivity index is 2.27. The standard InChI is InChI=1S/C17H16ClNO/c1-17(2,3)13-5-4-6-14(9-13)20-15-8-7-12(11-19)16(18)10-15/h4-10H,1-3H3. The van der Waals surface area contributed by atoms with Gasteiger partial charge in [-0.15, -0.1) is 0 Å². The zero-order valence-electron chi connectivity index (χ0n) is 11.8. The Labute approximate surface area is 124 Å². The van der Waals surface area contributed by atoms with Crippen molar-refractivity contribution < 1.29 is 4.74 Å². The van der Waals surface area contributed by atoms with Gasteiger partial charge in [-0.25, -0.2) is 0 Å². The molecule has 0 radical (unpaired) electrons. The van der Waals surface area contributed by atoms with E-state index in [1.807, 2.05) is 24.3 Å². The molecule has 3 heteroatoms. The first-order chi connectivity index (χ1) is 9.40. The normalized spacial score (nSPS) is 10.9. The second-order valence-corrected chi connectivity index (χ2v) is 6.04. The fourth-order valence-electron chi connectivity index (χ4n) is 1.81. The van der Waals surface area contributed by atoms with E-state index in [0.717, 1.165) is 5.75 Å². The van der Waals surface area contributed by atoms with Gasteiger partial charge in [0.15, 0.2) is 0 Å². The lowest BCUT2D eigenvalue weighted by Gasteiger charge is -2.19. The van der Waals surface area contributed by atoms with Crippen molar-refractivity contribution in [2.45, 2.75) is 26.2 Å². The van der Waals surface area contributed by atoms with Crippen molar-refractivity contribution in [2.75, 3.05) is 0 Å². The smallest absolute Gasteiger partial charge is 0.129 e. The van der Waals surface area contributed by atoms with Gasteiger partial charge in [0, 0.05) is 6.07 Å². The molecular formula is C17H16ClNO. The highest BCUT2D eigenvalue weighted by atomic mass is 35.5. The average Bonchev–Trinajstić information content (AvgIpc) is 2.38. The van der Waals surface area contributed by atoms with E-state index in [4.69, 9.17) is 21.6 Å². The summed E-state index contributed by atoms with van der Waals surface area (Å²) < 4.78 is 5.80. The van der Waals surface area contributed by atoms with E-state index < -0.39 is 0 Å². The van der Waals surface area contributed by atoms with E-state index in [2.05, 4.69) is 26.8 Å². The van der Waals surface area contributed by atoms with Gasteiger partial charge in [0.1, 0.15) is 17.6 Å². The van der Waals surface area contributed by atoms with E-state index in [-0.39, 0.29) is 5.41 Å². The van der Waals surface area contributed by atoms with Crippen LogP contribution in [0.1, 0.15) is 31.9 Å². The Bertz CT molecular complexity index is 665. The maximum absolute atomic E-state index is 8.85. The van der Waals surface area contributed by atoms with Crippen LogP contribution < -0.4 is 4.74 Å². The van der Waals surface area contributed by atoms with Gasteiger partial charge >= 0.3 is 0 Å². The van der Waals surface area contributed by atoms with Gasteiger partial charge < -0.3 is 4.74 Å². The lowest BCUT2D eigenvalue weighted by atomic mass is 9.87. The lowest BCUT2D eigenvalue weighted by molar-refractivity contribution is 0.478. The molecule has 2 aromatic rings. The maximum Gasteiger partial charge on any atom is 0.129 e. The molecular weight excluding hydrogens is 270 g/mol. The van der Waals surface area contributed by atoms with Crippen LogP contribution in [-0.2, 0) is 5.41 Å². The van der Waals surface area contributed by atoms with Crippen LogP contribution in [0.4, 0.5) is 0 Å². The van der Waals surface area contributed by atoms with Gasteiger partial charge in [0.25, 0.3) is 0 Å². The SMILES string of the molecule is CC(C)(C)c1cccc(Oc2ccc(C#N)c(Cl)c2)c1. The second kappa shape index (κ2) is 5.56. The molecule has 0 heterocycles. The average molecular weight is 286 g/mol. The van der Waals surface area contributed by atoms with Crippen molar-refractivity contribution in [2.24, 2.45) is 0 Å². The molecule has 0 N–H and O–H groups in total. The molecule has 0 bridgehead atoms. The van der Waals surface area contributed by atoms with E-state index >= 15 is 0 Å². The van der Waals surface area contributed by atoms with Gasteiger partial charge in [0.05, 0.1) is 10.6 Å². The Morgan fingerprint density at radius 2 is 1.75 bits per heavy atom. The van der Waals surface area contributed by atoms with Gasteiger partial charge in [-0.3, -0.25) is 0 Å². The van der Waals surface area contributed by atoms with Crippen molar-refractivity contribution in [3.63, 3.8) is 0 Å². The summed E-state index contributed by atoms with van der Waals surface area (Å²) in [5, 5.41) is 9.25. The van der Waals surface area contributed by atoms with Gasteiger partial charge in [-0.05, 0) is 35.2 Å². The third-order valence-corrected chi connectivity index (χ3v) is 3.31. The Kier molecular flexibility index (Phi) is 4.01. The quantitative estimate of drug-likeness (QED) is 0.750. The molecule has 0 atom stereocenters. The zero-order chi connectivity index (χ0) is 14.8. The van der Waals surface area contributed by atoms with Crippen LogP contribution in [0, 0.1) is 11.3 Å². The molecule has 20 heavy (non-hydrogen) atoms. The first-order valence-corrected chi connectivity index (χ1v) is 6.76. The summed E-state index contributed by atoms with van der Waals surface area (Å²) in [5.41, 5.74) is 1.72. The largest absolute Gasteiger partial charge is 0.457 e. The number of rotatable bonds is 2. The van der Waals surface area contributed by atoms with Gasteiger partial charge in [-0.1, -0.05) is 44.5 Å². The van der Waals surface area contributed by atoms with Crippen LogP contribution in [0.2, 0.25) is 5.02 Å². The highest BCUT2D eigenvalue weighted by Gasteiger charge is 2.14. The molecule has 0 amide bonds. The van der Waals surface area contributed by atoms with Crippen molar-refractivity contribution in [1.29, 1.82) is 5.26 Å². The fourth-order valence-corrected chi connectivity index (χ4v) is 2.02. The summed E-state index contributed by atoms with van der Waals surface area (Å²) in [7, 11) is 0. The molecule has 2 rings (SSSR count). The number of hydrogen-bond donors (Lipinski definition) is 0. The summed E-state index contributed by atoms with van der Waals surface area (Å²) in [5.74, 6) is 1.39. The summed E-state index contributed by atoms with van der Waals surface area (Å²) in [6.07, 6.45) is 0. The third kappa shape index (κ3) is 3.31. The molecule has 0 fully saturated rings. The van der Waals surface area contributed by atoms with Gasteiger partial charge in [-0.2, -0.15) is 5.26 Å². The van der Waals surface area contributed by atoms with Crippen molar-refractivity contribution in [1.82, 2.24) is 0 Å². The Hall–Kier alpha value is -1.98. The zero-order valence-corrected chi connectivity index (χ0v) is 12.5. The fraction of sp³-hybridized carbons (Fsp3) is 0.235. The maximum atomic E-state index is 8.85. The molecule has 2 aromatic carbocycles. The predicted molar refractivity (Wildman–Crippen MR) is 81.4 cm³/mol. The molecule has 0 spiro atoms. The van der Waals surface area contributed by atoms with Crippen molar-refractivity contribution in [3.8, 4) is 17.6 Å². The predicted octanol–water partition coefficient (Wildman–Crippen LogP) is 5.30. The number of hydrogen-bond acceptors (Lipinski definition) is 2. The van der Waals surface area contributed by atoms with Crippen LogP contribution in [0.25, 0.3) is 0 Å². The minimum atomic E-state index is 0.0711. The first-order valence-electron chi connectivity index (χ1n) is 6.38. The lowest BCUT2D eigenvalue weighted by Crippen LogP contribution is -2.10. The summed E-state index contributed by atoms with van der Waals surface area (Å²) in [4.78, 5) is 0. The number of nitrogens with zero attached hydrogens (tertiary/aromatic N) is 1. The molecule has 0 saturated carbocycles. The molecule has 0 aliphatic carbocycles. The number of nitriles is 1. The topological polar surface area (TPSA) is 33.0 Å². The number of benzene rings is 2. The minimum Gasteiger partial charge on any atom is -0.457 e. The molecule has 2 nitrogen and oxygen atoms in total. The Morgan fingerprint density at radius 3 is 2.35 bits per heavy atom. The highest BCUT2D eigenvalue weighted by Crippen LogP contribution is 2.30. The molecule has 102 valence electrons. The molecule has 0 aliphatic heterocycles. The first kappa shape index (κ1) is 14.4. The van der Waals surface area contributed by atoms with E-state index in [9.17, 15) is 0 Å². The summed E-state index contributed by atoms with van der Waals surface area (Å²) in [6, 6.07) is 15.1. The van der Waals surface area contributed by atoms with Crippen LogP contribution in [0.15, 0.2) is 42.5 Å². The number of halogens is 1. The van der Waals surface area contributed by atoms with Crippen molar-refractivity contribution >= 4 is 11.6 Å². The molecule has 0 unspecified atom stereocenters. The summed E-state index contributed by atoms with van der Waals surface area (Å²) >= 11 is 6.00. The number of ether oxygens (including phenoxy) is 1. The van der Waals surface area contributed by atoms with Crippen LogP contribution >= 0.6 is 11.6 Å². The van der Waals surface area contributed by atoms with Crippen molar-refractivity contribution in [3.05, 3.63) is 58.6 Å². The minimum absolute atomic E-state index is 0.0711. The highest BCUT2D eigenvalue weighted by molar-refractivity contribution is 6.31. The van der Waals surface area contributed by atoms with Crippen LogP contribution in [0.5, 0.6) is 11.5 Å². The van der Waals surface area contributed by atoms with Crippen LogP contribution in [0.3, 0.4) is 0 Å². The van der Waals surface area contributed by atoms with Crippen LogP contribution in [-0.4, -0.2) is 0 Å². The summed E-state index contributed by atoms with van der Waals surface area (Å²) in [6.45, 7) is 6.47. The van der Waals surface area contributed by atoms with E-state index in [1.165, 1.54) is 5.56 Å². The van der Waals surface area contributed by atoms with E-state index in [0.29, 0.717) is 16.3 Å². The molecule has 0 saturated heterocycles. The Morgan fingerprint density at radius 1 is 1.05 bits per heavy atom. The second-order valence-electron chi connectivity index (χ2n) is 5.63. The van der Waals surface area contributed by atoms with E-state index in [1.54, 1.807) is 18.2 Å². The molecule has 0 aromatic heterocycles.